The molecule has 2 heterocycles. The number of amides is 1. The summed E-state index contributed by atoms with van der Waals surface area (Å²) in [6.45, 7) is 3.20. The second kappa shape index (κ2) is 8.20. The van der Waals surface area contributed by atoms with Gasteiger partial charge in [-0.25, -0.2) is 4.79 Å². The first-order valence-electron chi connectivity index (χ1n) is 8.91. The van der Waals surface area contributed by atoms with Gasteiger partial charge in [0.05, 0.1) is 25.3 Å². The molecule has 0 aliphatic carbocycles. The zero-order valence-electron chi connectivity index (χ0n) is 15.6. The molecule has 2 bridgehead atoms. The molecule has 1 aromatic rings. The summed E-state index contributed by atoms with van der Waals surface area (Å²) in [5, 5.41) is 0. The number of methoxy groups -OCH3 is 2. The molecule has 6 nitrogen and oxygen atoms in total. The lowest BCUT2D eigenvalue weighted by molar-refractivity contribution is -0.192. The zero-order valence-corrected chi connectivity index (χ0v) is 15.6. The van der Waals surface area contributed by atoms with Crippen molar-refractivity contribution < 1.29 is 23.7 Å². The molecule has 0 aromatic heterocycles. The van der Waals surface area contributed by atoms with E-state index in [1.165, 1.54) is 5.57 Å². The number of carbonyl (C=O) groups excluding carboxylic acids is 1. The summed E-state index contributed by atoms with van der Waals surface area (Å²) >= 11 is 0. The van der Waals surface area contributed by atoms with Crippen LogP contribution in [-0.2, 0) is 25.6 Å². The van der Waals surface area contributed by atoms with Gasteiger partial charge in [-0.1, -0.05) is 42.0 Å². The van der Waals surface area contributed by atoms with Crippen LogP contribution in [0.25, 0.3) is 0 Å². The molecule has 1 fully saturated rings. The fourth-order valence-corrected chi connectivity index (χ4v) is 3.53. The minimum atomic E-state index is -0.656. The molecule has 0 spiro atoms. The molecule has 0 radical (unpaired) electrons. The van der Waals surface area contributed by atoms with Crippen LogP contribution in [0.15, 0.2) is 42.0 Å². The largest absolute Gasteiger partial charge is 0.445 e. The van der Waals surface area contributed by atoms with Crippen LogP contribution in [0.2, 0.25) is 0 Å². The van der Waals surface area contributed by atoms with Gasteiger partial charge in [-0.05, 0) is 18.9 Å². The van der Waals surface area contributed by atoms with Crippen molar-refractivity contribution >= 4 is 6.09 Å². The summed E-state index contributed by atoms with van der Waals surface area (Å²) in [5.41, 5.74) is 2.20. The van der Waals surface area contributed by atoms with E-state index in [2.05, 4.69) is 6.08 Å². The minimum Gasteiger partial charge on any atom is -0.445 e. The number of rotatable bonds is 6. The van der Waals surface area contributed by atoms with E-state index in [-0.39, 0.29) is 24.8 Å². The van der Waals surface area contributed by atoms with Crippen molar-refractivity contribution in [1.82, 2.24) is 4.90 Å². The number of carbonyl (C=O) groups is 1. The fourth-order valence-electron chi connectivity index (χ4n) is 3.53. The van der Waals surface area contributed by atoms with E-state index in [1.54, 1.807) is 14.2 Å². The van der Waals surface area contributed by atoms with Crippen molar-refractivity contribution in [3.8, 4) is 0 Å². The molecule has 2 atom stereocenters. The summed E-state index contributed by atoms with van der Waals surface area (Å²) in [6.07, 6.45) is 3.21. The summed E-state index contributed by atoms with van der Waals surface area (Å²) in [4.78, 5) is 14.5. The lowest BCUT2D eigenvalue weighted by Crippen LogP contribution is -2.56. The van der Waals surface area contributed by atoms with Crippen LogP contribution in [0.1, 0.15) is 25.3 Å². The van der Waals surface area contributed by atoms with Crippen LogP contribution in [0.4, 0.5) is 4.79 Å². The van der Waals surface area contributed by atoms with E-state index in [1.807, 2.05) is 42.2 Å². The minimum absolute atomic E-state index is 0.0185. The van der Waals surface area contributed by atoms with E-state index in [0.717, 1.165) is 12.0 Å². The van der Waals surface area contributed by atoms with Gasteiger partial charge in [0.25, 0.3) is 0 Å². The van der Waals surface area contributed by atoms with Crippen molar-refractivity contribution in [2.45, 2.75) is 44.2 Å². The van der Waals surface area contributed by atoms with Gasteiger partial charge in [0.2, 0.25) is 0 Å². The van der Waals surface area contributed by atoms with Gasteiger partial charge in [0.15, 0.2) is 5.79 Å². The van der Waals surface area contributed by atoms with Crippen molar-refractivity contribution in [1.29, 1.82) is 0 Å². The molecule has 0 saturated carbocycles. The van der Waals surface area contributed by atoms with Gasteiger partial charge in [0.1, 0.15) is 6.61 Å². The van der Waals surface area contributed by atoms with Crippen LogP contribution < -0.4 is 0 Å². The van der Waals surface area contributed by atoms with Crippen LogP contribution >= 0.6 is 0 Å². The smallest absolute Gasteiger partial charge is 0.411 e. The molecule has 1 amide bonds. The number of nitrogens with zero attached hydrogens (tertiary/aromatic N) is 1. The Balaban J connectivity index is 1.67. The number of hydrogen-bond donors (Lipinski definition) is 0. The molecular weight excluding hydrogens is 334 g/mol. The molecule has 0 N–H and O–H groups in total. The molecule has 1 saturated heterocycles. The molecule has 142 valence electrons. The van der Waals surface area contributed by atoms with E-state index < -0.39 is 5.79 Å². The molecule has 2 aliphatic heterocycles. The Hall–Kier alpha value is -1.89. The highest BCUT2D eigenvalue weighted by molar-refractivity contribution is 5.69. The molecule has 2 aliphatic rings. The second-order valence-electron chi connectivity index (χ2n) is 6.95. The predicted molar refractivity (Wildman–Crippen MR) is 96.6 cm³/mol. The third kappa shape index (κ3) is 4.26. The third-order valence-corrected chi connectivity index (χ3v) is 5.10. The summed E-state index contributed by atoms with van der Waals surface area (Å²) in [7, 11) is 3.29. The maximum absolute atomic E-state index is 12.7. The zero-order chi connectivity index (χ0) is 18.6. The Kier molecular flexibility index (Phi) is 5.96. The molecule has 6 heteroatoms. The lowest BCUT2D eigenvalue weighted by atomic mass is 9.90. The maximum atomic E-state index is 12.7. The highest BCUT2D eigenvalue weighted by Crippen LogP contribution is 2.33. The Morgan fingerprint density at radius 2 is 1.96 bits per heavy atom. The second-order valence-corrected chi connectivity index (χ2v) is 6.95. The Bertz CT molecular complexity index is 641. The van der Waals surface area contributed by atoms with E-state index in [0.29, 0.717) is 19.6 Å². The Labute approximate surface area is 154 Å². The van der Waals surface area contributed by atoms with E-state index in [9.17, 15) is 4.79 Å². The number of fused-ring (bicyclic) bond motifs is 2. The van der Waals surface area contributed by atoms with Gasteiger partial charge < -0.3 is 18.9 Å². The predicted octanol–water partition coefficient (Wildman–Crippen LogP) is 3.12. The lowest BCUT2D eigenvalue weighted by Gasteiger charge is -2.44. The van der Waals surface area contributed by atoms with Crippen LogP contribution in [0, 0.1) is 0 Å². The first-order valence-corrected chi connectivity index (χ1v) is 8.91. The van der Waals surface area contributed by atoms with Crippen LogP contribution in [0.5, 0.6) is 0 Å². The summed E-state index contributed by atoms with van der Waals surface area (Å²) < 4.78 is 22.1. The third-order valence-electron chi connectivity index (χ3n) is 5.10. The number of hydrogen-bond acceptors (Lipinski definition) is 5. The fraction of sp³-hybridized carbons (Fsp3) is 0.550. The van der Waals surface area contributed by atoms with Gasteiger partial charge in [-0.15, -0.1) is 0 Å². The van der Waals surface area contributed by atoms with Gasteiger partial charge in [-0.3, -0.25) is 4.90 Å². The monoisotopic (exact) mass is 361 g/mol. The molecular formula is C20H27NO5. The molecule has 1 aromatic carbocycles. The Morgan fingerprint density at radius 1 is 1.23 bits per heavy atom. The van der Waals surface area contributed by atoms with Gasteiger partial charge in [-0.2, -0.15) is 0 Å². The summed E-state index contributed by atoms with van der Waals surface area (Å²) in [5.74, 6) is -0.656. The Morgan fingerprint density at radius 3 is 2.62 bits per heavy atom. The molecule has 2 unspecified atom stereocenters. The normalized spacial score (nSPS) is 22.7. The average Bonchev–Trinajstić information content (AvgIpc) is 2.66. The summed E-state index contributed by atoms with van der Waals surface area (Å²) in [6, 6.07) is 9.57. The van der Waals surface area contributed by atoms with Crippen molar-refractivity contribution in [3.63, 3.8) is 0 Å². The van der Waals surface area contributed by atoms with E-state index in [4.69, 9.17) is 18.9 Å². The average molecular weight is 361 g/mol. The number of benzene rings is 1. The number of morpholine rings is 1. The first kappa shape index (κ1) is 18.9. The first-order chi connectivity index (χ1) is 12.5. The van der Waals surface area contributed by atoms with Crippen molar-refractivity contribution in [2.75, 3.05) is 27.4 Å². The van der Waals surface area contributed by atoms with Crippen LogP contribution in [0.3, 0.4) is 0 Å². The van der Waals surface area contributed by atoms with Crippen molar-refractivity contribution in [2.24, 2.45) is 0 Å². The SMILES string of the molecule is COC(C)(CC1=CC2COCC(C1)N2C(=O)OCc1ccccc1)OC. The molecule has 26 heavy (non-hydrogen) atoms. The highest BCUT2D eigenvalue weighted by atomic mass is 16.7. The quantitative estimate of drug-likeness (QED) is 0.576. The van der Waals surface area contributed by atoms with E-state index >= 15 is 0 Å². The highest BCUT2D eigenvalue weighted by Gasteiger charge is 2.40. The molecule has 3 rings (SSSR count). The van der Waals surface area contributed by atoms with Crippen molar-refractivity contribution in [3.05, 3.63) is 47.5 Å². The standard InChI is InChI=1S/C20H27NO5/c1-20(23-2,24-3)11-16-9-17-13-25-14-18(10-16)21(17)19(22)26-12-15-7-5-4-6-8-15/h4-9,17-18H,10-14H2,1-3H3. The van der Waals surface area contributed by atoms with Gasteiger partial charge in [0, 0.05) is 20.6 Å². The number of ether oxygens (including phenoxy) is 4. The van der Waals surface area contributed by atoms with Gasteiger partial charge >= 0.3 is 6.09 Å². The van der Waals surface area contributed by atoms with Crippen LogP contribution in [-0.4, -0.2) is 56.3 Å². The maximum Gasteiger partial charge on any atom is 0.411 e. The topological polar surface area (TPSA) is 57.2 Å².